The van der Waals surface area contributed by atoms with Crippen molar-refractivity contribution in [3.63, 3.8) is 0 Å². The van der Waals surface area contributed by atoms with Crippen LogP contribution in [-0.4, -0.2) is 9.55 Å². The van der Waals surface area contributed by atoms with Gasteiger partial charge in [-0.2, -0.15) is 0 Å². The minimum absolute atomic E-state index is 0.854. The summed E-state index contributed by atoms with van der Waals surface area (Å²) in [6.45, 7) is 11.0. The maximum Gasteiger partial charge on any atom is 0.132 e. The highest BCUT2D eigenvalue weighted by molar-refractivity contribution is 5.33. The fourth-order valence-corrected chi connectivity index (χ4v) is 1.22. The van der Waals surface area contributed by atoms with Crippen molar-refractivity contribution in [2.75, 3.05) is 0 Å². The summed E-state index contributed by atoms with van der Waals surface area (Å²) in [4.78, 5) is 4.18. The molecule has 1 aromatic heterocycles. The number of allylic oxidation sites excluding steroid dienone is 1. The van der Waals surface area contributed by atoms with Gasteiger partial charge in [0.05, 0.1) is 6.54 Å². The second kappa shape index (κ2) is 8.09. The van der Waals surface area contributed by atoms with Gasteiger partial charge in [0.1, 0.15) is 5.82 Å². The third-order valence-electron chi connectivity index (χ3n) is 1.90. The van der Waals surface area contributed by atoms with Gasteiger partial charge >= 0.3 is 0 Å². The van der Waals surface area contributed by atoms with Crippen LogP contribution in [0.25, 0.3) is 6.20 Å². The van der Waals surface area contributed by atoms with Gasteiger partial charge in [-0.3, -0.25) is 0 Å². The summed E-state index contributed by atoms with van der Waals surface area (Å²) in [7, 11) is 0. The number of imidazole rings is 1. The lowest BCUT2D eigenvalue weighted by atomic mass is 10.3. The standard InChI is InChI=1S/C8H11N3.2C2H6/c1-2-7-6-11-4-3-9-8(11)5-10-7;2*1-2/h3-4,6,10H,2,5H2,1H3;2*1-2H3. The maximum atomic E-state index is 4.18. The van der Waals surface area contributed by atoms with Crippen molar-refractivity contribution in [2.45, 2.75) is 47.6 Å². The van der Waals surface area contributed by atoms with E-state index in [0.717, 1.165) is 18.8 Å². The Morgan fingerprint density at radius 3 is 2.60 bits per heavy atom. The SMILES string of the molecule is CC.CC.CCC1=Cn2ccnc2CN1. The Kier molecular flexibility index (Phi) is 7.42. The fraction of sp³-hybridized carbons (Fsp3) is 0.583. The van der Waals surface area contributed by atoms with Crippen molar-refractivity contribution in [1.29, 1.82) is 0 Å². The van der Waals surface area contributed by atoms with Crippen LogP contribution in [0.5, 0.6) is 0 Å². The highest BCUT2D eigenvalue weighted by Gasteiger charge is 2.06. The molecular weight excluding hydrogens is 186 g/mol. The minimum Gasteiger partial charge on any atom is -0.380 e. The Bertz CT molecular complexity index is 287. The first-order valence-electron chi connectivity index (χ1n) is 5.86. The molecule has 0 fully saturated rings. The third kappa shape index (κ3) is 3.78. The summed E-state index contributed by atoms with van der Waals surface area (Å²) in [5.74, 6) is 1.09. The molecule has 0 unspecified atom stereocenters. The Morgan fingerprint density at radius 1 is 1.33 bits per heavy atom. The fourth-order valence-electron chi connectivity index (χ4n) is 1.22. The van der Waals surface area contributed by atoms with E-state index in [1.54, 1.807) is 0 Å². The number of nitrogens with one attached hydrogen (secondary N) is 1. The molecule has 0 saturated carbocycles. The van der Waals surface area contributed by atoms with E-state index in [-0.39, 0.29) is 0 Å². The molecule has 0 amide bonds. The van der Waals surface area contributed by atoms with Gasteiger partial charge in [-0.1, -0.05) is 34.6 Å². The number of rotatable bonds is 1. The van der Waals surface area contributed by atoms with Crippen LogP contribution in [0.15, 0.2) is 18.1 Å². The molecule has 0 bridgehead atoms. The molecular formula is C12H23N3. The number of fused-ring (bicyclic) bond motifs is 1. The lowest BCUT2D eigenvalue weighted by Gasteiger charge is -2.15. The van der Waals surface area contributed by atoms with E-state index in [1.807, 2.05) is 40.1 Å². The van der Waals surface area contributed by atoms with Crippen molar-refractivity contribution < 1.29 is 0 Å². The zero-order chi connectivity index (χ0) is 11.7. The molecule has 1 aliphatic heterocycles. The second-order valence-electron chi connectivity index (χ2n) is 2.61. The molecule has 1 aromatic rings. The van der Waals surface area contributed by atoms with Crippen LogP contribution in [0, 0.1) is 0 Å². The van der Waals surface area contributed by atoms with Gasteiger partial charge in [0, 0.05) is 24.3 Å². The van der Waals surface area contributed by atoms with Gasteiger partial charge in [-0.25, -0.2) is 4.98 Å². The molecule has 0 radical (unpaired) electrons. The predicted molar refractivity (Wildman–Crippen MR) is 66.3 cm³/mol. The molecule has 1 N–H and O–H groups in total. The zero-order valence-electron chi connectivity index (χ0n) is 10.5. The van der Waals surface area contributed by atoms with Crippen molar-refractivity contribution in [2.24, 2.45) is 0 Å². The summed E-state index contributed by atoms with van der Waals surface area (Å²) in [6, 6.07) is 0. The smallest absolute Gasteiger partial charge is 0.132 e. The quantitative estimate of drug-likeness (QED) is 0.769. The van der Waals surface area contributed by atoms with Crippen molar-refractivity contribution >= 4 is 6.20 Å². The number of aromatic nitrogens is 2. The topological polar surface area (TPSA) is 29.9 Å². The Balaban J connectivity index is 0.000000442. The molecule has 2 heterocycles. The number of nitrogens with zero attached hydrogens (tertiary/aromatic N) is 2. The lowest BCUT2D eigenvalue weighted by Crippen LogP contribution is -2.20. The molecule has 0 atom stereocenters. The first-order chi connectivity index (χ1) is 7.40. The van der Waals surface area contributed by atoms with E-state index in [1.165, 1.54) is 5.70 Å². The van der Waals surface area contributed by atoms with Crippen molar-refractivity contribution in [3.8, 4) is 0 Å². The van der Waals surface area contributed by atoms with E-state index >= 15 is 0 Å². The molecule has 3 nitrogen and oxygen atoms in total. The Labute approximate surface area is 93.2 Å². The summed E-state index contributed by atoms with van der Waals surface area (Å²) in [6.07, 6.45) is 6.95. The van der Waals surface area contributed by atoms with Gasteiger partial charge < -0.3 is 9.88 Å². The van der Waals surface area contributed by atoms with Crippen LogP contribution in [-0.2, 0) is 6.54 Å². The van der Waals surface area contributed by atoms with E-state index in [0.29, 0.717) is 0 Å². The van der Waals surface area contributed by atoms with E-state index in [2.05, 4.69) is 28.0 Å². The molecule has 0 spiro atoms. The number of hydrogen-bond donors (Lipinski definition) is 1. The first-order valence-corrected chi connectivity index (χ1v) is 5.86. The average Bonchev–Trinajstić information content (AvgIpc) is 2.81. The summed E-state index contributed by atoms with van der Waals surface area (Å²) < 4.78 is 2.06. The third-order valence-corrected chi connectivity index (χ3v) is 1.90. The predicted octanol–water partition coefficient (Wildman–Crippen LogP) is 3.25. The molecule has 0 aromatic carbocycles. The van der Waals surface area contributed by atoms with Crippen molar-refractivity contribution in [1.82, 2.24) is 14.9 Å². The summed E-state index contributed by atoms with van der Waals surface area (Å²) in [5, 5.41) is 3.29. The molecule has 86 valence electrons. The highest BCUT2D eigenvalue weighted by Crippen LogP contribution is 2.09. The molecule has 3 heteroatoms. The van der Waals surface area contributed by atoms with E-state index < -0.39 is 0 Å². The van der Waals surface area contributed by atoms with Gasteiger partial charge in [-0.15, -0.1) is 0 Å². The minimum atomic E-state index is 0.854. The van der Waals surface area contributed by atoms with Crippen LogP contribution in [0.1, 0.15) is 46.9 Å². The van der Waals surface area contributed by atoms with Gasteiger partial charge in [0.15, 0.2) is 0 Å². The summed E-state index contributed by atoms with van der Waals surface area (Å²) >= 11 is 0. The van der Waals surface area contributed by atoms with Crippen LogP contribution in [0.4, 0.5) is 0 Å². The Morgan fingerprint density at radius 2 is 2.00 bits per heavy atom. The van der Waals surface area contributed by atoms with Crippen LogP contribution in [0.2, 0.25) is 0 Å². The molecule has 2 rings (SSSR count). The van der Waals surface area contributed by atoms with Gasteiger partial charge in [0.2, 0.25) is 0 Å². The van der Waals surface area contributed by atoms with Gasteiger partial charge in [-0.05, 0) is 6.42 Å². The van der Waals surface area contributed by atoms with Gasteiger partial charge in [0.25, 0.3) is 0 Å². The molecule has 1 aliphatic rings. The number of hydrogen-bond acceptors (Lipinski definition) is 2. The molecule has 0 aliphatic carbocycles. The molecule has 15 heavy (non-hydrogen) atoms. The van der Waals surface area contributed by atoms with Crippen LogP contribution in [0.3, 0.4) is 0 Å². The average molecular weight is 209 g/mol. The Hall–Kier alpha value is -1.25. The van der Waals surface area contributed by atoms with Crippen LogP contribution >= 0.6 is 0 Å². The lowest BCUT2D eigenvalue weighted by molar-refractivity contribution is 0.696. The van der Waals surface area contributed by atoms with E-state index in [4.69, 9.17) is 0 Å². The zero-order valence-corrected chi connectivity index (χ0v) is 10.5. The highest BCUT2D eigenvalue weighted by atomic mass is 15.1. The second-order valence-corrected chi connectivity index (χ2v) is 2.61. The van der Waals surface area contributed by atoms with Crippen molar-refractivity contribution in [3.05, 3.63) is 23.9 Å². The molecule has 0 saturated heterocycles. The monoisotopic (exact) mass is 209 g/mol. The largest absolute Gasteiger partial charge is 0.380 e. The van der Waals surface area contributed by atoms with Crippen LogP contribution < -0.4 is 5.32 Å². The normalized spacial score (nSPS) is 11.9. The first kappa shape index (κ1) is 13.8. The summed E-state index contributed by atoms with van der Waals surface area (Å²) in [5.41, 5.74) is 1.27. The maximum absolute atomic E-state index is 4.18. The van der Waals surface area contributed by atoms with E-state index in [9.17, 15) is 0 Å².